The molecule has 0 amide bonds. The summed E-state index contributed by atoms with van der Waals surface area (Å²) in [7, 11) is 1.56. The topological polar surface area (TPSA) is 29.5 Å². The van der Waals surface area contributed by atoms with Crippen molar-refractivity contribution in [3.63, 3.8) is 0 Å². The van der Waals surface area contributed by atoms with Gasteiger partial charge in [0.15, 0.2) is 0 Å². The highest BCUT2D eigenvalue weighted by Crippen LogP contribution is 2.22. The largest absolute Gasteiger partial charge is 0.507 e. The number of ether oxygens (including phenoxy) is 1. The summed E-state index contributed by atoms with van der Waals surface area (Å²) in [6.07, 6.45) is 0. The summed E-state index contributed by atoms with van der Waals surface area (Å²) < 4.78 is 5.00. The molecule has 0 aliphatic heterocycles. The van der Waals surface area contributed by atoms with E-state index >= 15 is 0 Å². The Morgan fingerprint density at radius 1 is 1.00 bits per heavy atom. The molecule has 0 radical (unpaired) electrons. The lowest BCUT2D eigenvalue weighted by atomic mass is 10.1. The number of hydrogen-bond acceptors (Lipinski definition) is 2. The maximum atomic E-state index is 9.72. The Balaban J connectivity index is 2.28. The van der Waals surface area contributed by atoms with Crippen molar-refractivity contribution in [2.24, 2.45) is 0 Å². The van der Waals surface area contributed by atoms with E-state index in [1.165, 1.54) is 0 Å². The molecule has 0 fully saturated rings. The molecule has 0 aromatic heterocycles. The predicted octanol–water partition coefficient (Wildman–Crippen LogP) is 2.80. The van der Waals surface area contributed by atoms with E-state index < -0.39 is 0 Å². The first-order valence-corrected chi connectivity index (χ1v) is 5.23. The Morgan fingerprint density at radius 2 is 1.76 bits per heavy atom. The minimum absolute atomic E-state index is 0.132. The molecule has 2 heteroatoms. The predicted molar refractivity (Wildman–Crippen MR) is 67.1 cm³/mol. The molecule has 0 saturated heterocycles. The van der Waals surface area contributed by atoms with Crippen molar-refractivity contribution in [2.75, 3.05) is 7.11 Å². The van der Waals surface area contributed by atoms with Gasteiger partial charge in [0, 0.05) is 11.6 Å². The molecule has 0 unspecified atom stereocenters. The number of phenols is 1. The van der Waals surface area contributed by atoms with Gasteiger partial charge in [-0.25, -0.2) is 0 Å². The number of methoxy groups -OCH3 is 1. The lowest BCUT2D eigenvalue weighted by molar-refractivity contribution is 0.407. The third-order valence-electron chi connectivity index (χ3n) is 2.32. The van der Waals surface area contributed by atoms with E-state index in [1.54, 1.807) is 25.3 Å². The van der Waals surface area contributed by atoms with Crippen molar-refractivity contribution in [3.05, 3.63) is 59.7 Å². The molecule has 0 heterocycles. The molecular weight excluding hydrogens is 212 g/mol. The summed E-state index contributed by atoms with van der Waals surface area (Å²) in [5, 5.41) is 9.72. The first kappa shape index (κ1) is 11.1. The van der Waals surface area contributed by atoms with E-state index in [1.807, 2.05) is 30.3 Å². The van der Waals surface area contributed by atoms with Crippen LogP contribution in [0.2, 0.25) is 0 Å². The maximum Gasteiger partial charge on any atom is 0.134 e. The molecule has 1 N–H and O–H groups in total. The van der Waals surface area contributed by atoms with Gasteiger partial charge in [0.2, 0.25) is 0 Å². The molecule has 2 rings (SSSR count). The number of aromatic hydroxyl groups is 1. The van der Waals surface area contributed by atoms with E-state index in [0.717, 1.165) is 5.56 Å². The molecule has 0 spiro atoms. The molecule has 17 heavy (non-hydrogen) atoms. The summed E-state index contributed by atoms with van der Waals surface area (Å²) in [6.45, 7) is 0. The fourth-order valence-electron chi connectivity index (χ4n) is 1.41. The van der Waals surface area contributed by atoms with Gasteiger partial charge in [-0.3, -0.25) is 0 Å². The second kappa shape index (κ2) is 5.09. The Labute approximate surface area is 100 Å². The van der Waals surface area contributed by atoms with Crippen LogP contribution in [0, 0.1) is 11.8 Å². The third kappa shape index (κ3) is 2.79. The second-order valence-electron chi connectivity index (χ2n) is 3.50. The van der Waals surface area contributed by atoms with Gasteiger partial charge in [0.05, 0.1) is 12.7 Å². The Bertz CT molecular complexity index is 562. The minimum Gasteiger partial charge on any atom is -0.507 e. The SMILES string of the molecule is COc1ccc(C#Cc2ccccc2)c(O)c1. The molecule has 2 aromatic carbocycles. The van der Waals surface area contributed by atoms with Gasteiger partial charge in [0.25, 0.3) is 0 Å². The van der Waals surface area contributed by atoms with Crippen LogP contribution in [0.5, 0.6) is 11.5 Å². The summed E-state index contributed by atoms with van der Waals surface area (Å²) in [4.78, 5) is 0. The van der Waals surface area contributed by atoms with Crippen LogP contribution < -0.4 is 4.74 Å². The first-order valence-electron chi connectivity index (χ1n) is 5.23. The fraction of sp³-hybridized carbons (Fsp3) is 0.0667. The van der Waals surface area contributed by atoms with Crippen molar-refractivity contribution >= 4 is 0 Å². The Morgan fingerprint density at radius 3 is 2.41 bits per heavy atom. The van der Waals surface area contributed by atoms with E-state index in [-0.39, 0.29) is 5.75 Å². The summed E-state index contributed by atoms with van der Waals surface area (Å²) in [5.74, 6) is 6.66. The summed E-state index contributed by atoms with van der Waals surface area (Å²) in [6, 6.07) is 14.7. The molecule has 2 nitrogen and oxygen atoms in total. The summed E-state index contributed by atoms with van der Waals surface area (Å²) in [5.41, 5.74) is 1.51. The molecular formula is C15H12O2. The summed E-state index contributed by atoms with van der Waals surface area (Å²) >= 11 is 0. The average Bonchev–Trinajstić information content (AvgIpc) is 2.38. The molecule has 0 aliphatic carbocycles. The van der Waals surface area contributed by atoms with Crippen LogP contribution in [-0.2, 0) is 0 Å². The number of phenolic OH excluding ortho intramolecular Hbond substituents is 1. The van der Waals surface area contributed by atoms with E-state index in [4.69, 9.17) is 4.74 Å². The smallest absolute Gasteiger partial charge is 0.134 e. The zero-order valence-electron chi connectivity index (χ0n) is 9.47. The zero-order chi connectivity index (χ0) is 12.1. The fourth-order valence-corrected chi connectivity index (χ4v) is 1.41. The molecule has 0 atom stereocenters. The van der Waals surface area contributed by atoms with Crippen LogP contribution in [0.3, 0.4) is 0 Å². The highest BCUT2D eigenvalue weighted by atomic mass is 16.5. The van der Waals surface area contributed by atoms with Crippen LogP contribution in [-0.4, -0.2) is 12.2 Å². The lowest BCUT2D eigenvalue weighted by Gasteiger charge is -2.01. The third-order valence-corrected chi connectivity index (χ3v) is 2.32. The van der Waals surface area contributed by atoms with Crippen LogP contribution in [0.1, 0.15) is 11.1 Å². The van der Waals surface area contributed by atoms with E-state index in [2.05, 4.69) is 11.8 Å². The van der Waals surface area contributed by atoms with E-state index in [0.29, 0.717) is 11.3 Å². The van der Waals surface area contributed by atoms with Crippen LogP contribution in [0.25, 0.3) is 0 Å². The van der Waals surface area contributed by atoms with Crippen molar-refractivity contribution in [2.45, 2.75) is 0 Å². The van der Waals surface area contributed by atoms with Gasteiger partial charge >= 0.3 is 0 Å². The molecule has 0 bridgehead atoms. The number of benzene rings is 2. The van der Waals surface area contributed by atoms with Gasteiger partial charge in [-0.15, -0.1) is 0 Å². The average molecular weight is 224 g/mol. The van der Waals surface area contributed by atoms with Gasteiger partial charge < -0.3 is 9.84 Å². The molecule has 2 aromatic rings. The molecule has 0 saturated carbocycles. The highest BCUT2D eigenvalue weighted by Gasteiger charge is 1.99. The van der Waals surface area contributed by atoms with Crippen molar-refractivity contribution in [1.82, 2.24) is 0 Å². The van der Waals surface area contributed by atoms with Crippen LogP contribution >= 0.6 is 0 Å². The van der Waals surface area contributed by atoms with Gasteiger partial charge in [0.1, 0.15) is 11.5 Å². The van der Waals surface area contributed by atoms with E-state index in [9.17, 15) is 5.11 Å². The quantitative estimate of drug-likeness (QED) is 0.755. The van der Waals surface area contributed by atoms with Crippen LogP contribution in [0.15, 0.2) is 48.5 Å². The molecule has 84 valence electrons. The van der Waals surface area contributed by atoms with Crippen molar-refractivity contribution < 1.29 is 9.84 Å². The Kier molecular flexibility index (Phi) is 3.32. The number of rotatable bonds is 1. The first-order chi connectivity index (χ1) is 8.29. The van der Waals surface area contributed by atoms with Gasteiger partial charge in [-0.1, -0.05) is 30.0 Å². The lowest BCUT2D eigenvalue weighted by Crippen LogP contribution is -1.83. The van der Waals surface area contributed by atoms with Crippen molar-refractivity contribution in [1.29, 1.82) is 0 Å². The minimum atomic E-state index is 0.132. The highest BCUT2D eigenvalue weighted by molar-refractivity contribution is 5.51. The molecule has 0 aliphatic rings. The zero-order valence-corrected chi connectivity index (χ0v) is 9.47. The van der Waals surface area contributed by atoms with Gasteiger partial charge in [-0.05, 0) is 24.3 Å². The van der Waals surface area contributed by atoms with Gasteiger partial charge in [-0.2, -0.15) is 0 Å². The van der Waals surface area contributed by atoms with Crippen LogP contribution in [0.4, 0.5) is 0 Å². The standard InChI is InChI=1S/C15H12O2/c1-17-14-10-9-13(15(16)11-14)8-7-12-5-3-2-4-6-12/h2-6,9-11,16H,1H3. The number of hydrogen-bond donors (Lipinski definition) is 1. The second-order valence-corrected chi connectivity index (χ2v) is 3.50. The Hall–Kier alpha value is -2.40. The monoisotopic (exact) mass is 224 g/mol. The van der Waals surface area contributed by atoms with Crippen molar-refractivity contribution in [3.8, 4) is 23.3 Å². The maximum absolute atomic E-state index is 9.72. The normalized spacial score (nSPS) is 9.24.